The minimum absolute atomic E-state index is 0.0133. The Balaban J connectivity index is 2.49. The Kier molecular flexibility index (Phi) is 4.20. The molecule has 0 fully saturated rings. The van der Waals surface area contributed by atoms with E-state index in [1.165, 1.54) is 17.8 Å². The average Bonchev–Trinajstić information content (AvgIpc) is 2.84. The highest BCUT2D eigenvalue weighted by molar-refractivity contribution is 6.30. The van der Waals surface area contributed by atoms with E-state index in [0.717, 1.165) is 0 Å². The topological polar surface area (TPSA) is 61.2 Å². The number of aromatic nitrogens is 2. The minimum Gasteiger partial charge on any atom is -0.461 e. The van der Waals surface area contributed by atoms with Crippen molar-refractivity contribution in [3.8, 4) is 5.69 Å². The molecule has 6 heteroatoms. The van der Waals surface area contributed by atoms with Gasteiger partial charge in [0.25, 0.3) is 0 Å². The molecular formula is C14H13ClN2O3. The summed E-state index contributed by atoms with van der Waals surface area (Å²) in [7, 11) is 0. The predicted molar refractivity (Wildman–Crippen MR) is 74.5 cm³/mol. The van der Waals surface area contributed by atoms with Crippen molar-refractivity contribution in [1.29, 1.82) is 0 Å². The van der Waals surface area contributed by atoms with Gasteiger partial charge in [-0.1, -0.05) is 17.7 Å². The van der Waals surface area contributed by atoms with Gasteiger partial charge < -0.3 is 4.74 Å². The standard InChI is InChI=1S/C14H13ClN2O3/c1-3-20-14(19)13-12(9(2)18)8-17(16-13)11-6-4-5-10(15)7-11/h4-8H,3H2,1-2H3. The van der Waals surface area contributed by atoms with Crippen molar-refractivity contribution in [2.24, 2.45) is 0 Å². The maximum absolute atomic E-state index is 11.8. The molecule has 0 amide bonds. The SMILES string of the molecule is CCOC(=O)c1nn(-c2cccc(Cl)c2)cc1C(C)=O. The number of hydrogen-bond donors (Lipinski definition) is 0. The number of carbonyl (C=O) groups excluding carboxylic acids is 2. The molecule has 0 radical (unpaired) electrons. The average molecular weight is 293 g/mol. The van der Waals surface area contributed by atoms with Crippen LogP contribution < -0.4 is 0 Å². The molecule has 2 aromatic rings. The Labute approximate surface area is 121 Å². The van der Waals surface area contributed by atoms with Gasteiger partial charge in [0.05, 0.1) is 17.9 Å². The number of halogens is 1. The molecule has 0 bridgehead atoms. The molecule has 1 heterocycles. The summed E-state index contributed by atoms with van der Waals surface area (Å²) < 4.78 is 6.34. The van der Waals surface area contributed by atoms with E-state index in [4.69, 9.17) is 16.3 Å². The molecule has 0 saturated carbocycles. The number of ketones is 1. The molecule has 1 aromatic heterocycles. The fourth-order valence-corrected chi connectivity index (χ4v) is 1.92. The van der Waals surface area contributed by atoms with Gasteiger partial charge in [0.2, 0.25) is 0 Å². The number of rotatable bonds is 4. The molecule has 0 unspecified atom stereocenters. The van der Waals surface area contributed by atoms with Crippen LogP contribution in [-0.4, -0.2) is 28.1 Å². The van der Waals surface area contributed by atoms with Crippen molar-refractivity contribution in [1.82, 2.24) is 9.78 Å². The highest BCUT2D eigenvalue weighted by Gasteiger charge is 2.21. The first-order chi connectivity index (χ1) is 9.52. The maximum Gasteiger partial charge on any atom is 0.359 e. The van der Waals surface area contributed by atoms with Crippen molar-refractivity contribution in [3.05, 3.63) is 46.7 Å². The molecule has 5 nitrogen and oxygen atoms in total. The predicted octanol–water partition coefficient (Wildman–Crippen LogP) is 2.91. The van der Waals surface area contributed by atoms with Crippen LogP contribution in [0.25, 0.3) is 5.69 Å². The number of hydrogen-bond acceptors (Lipinski definition) is 4. The Morgan fingerprint density at radius 3 is 2.75 bits per heavy atom. The van der Waals surface area contributed by atoms with Gasteiger partial charge in [-0.2, -0.15) is 5.10 Å². The van der Waals surface area contributed by atoms with Gasteiger partial charge in [-0.25, -0.2) is 9.48 Å². The maximum atomic E-state index is 11.8. The van der Waals surface area contributed by atoms with Gasteiger partial charge >= 0.3 is 5.97 Å². The number of benzene rings is 1. The summed E-state index contributed by atoms with van der Waals surface area (Å²) in [5, 5.41) is 4.67. The van der Waals surface area contributed by atoms with E-state index in [-0.39, 0.29) is 23.6 Å². The van der Waals surface area contributed by atoms with E-state index in [1.807, 2.05) is 0 Å². The monoisotopic (exact) mass is 292 g/mol. The second kappa shape index (κ2) is 5.88. The van der Waals surface area contributed by atoms with Crippen molar-refractivity contribution in [2.75, 3.05) is 6.61 Å². The van der Waals surface area contributed by atoms with Gasteiger partial charge in [0, 0.05) is 11.2 Å². The third-order valence-corrected chi connectivity index (χ3v) is 2.87. The Morgan fingerprint density at radius 1 is 1.40 bits per heavy atom. The molecular weight excluding hydrogens is 280 g/mol. The third kappa shape index (κ3) is 2.88. The molecule has 104 valence electrons. The minimum atomic E-state index is -0.613. The van der Waals surface area contributed by atoms with Crippen LogP contribution in [0.15, 0.2) is 30.5 Å². The third-order valence-electron chi connectivity index (χ3n) is 2.64. The summed E-state index contributed by atoms with van der Waals surface area (Å²) >= 11 is 5.92. The van der Waals surface area contributed by atoms with E-state index in [9.17, 15) is 9.59 Å². The molecule has 0 aliphatic heterocycles. The zero-order valence-electron chi connectivity index (χ0n) is 11.1. The second-order valence-corrected chi connectivity index (χ2v) is 4.53. The number of ether oxygens (including phenoxy) is 1. The lowest BCUT2D eigenvalue weighted by Crippen LogP contribution is -2.10. The van der Waals surface area contributed by atoms with Gasteiger partial charge in [-0.05, 0) is 32.0 Å². The number of esters is 1. The van der Waals surface area contributed by atoms with Crippen molar-refractivity contribution < 1.29 is 14.3 Å². The molecule has 0 spiro atoms. The van der Waals surface area contributed by atoms with E-state index in [2.05, 4.69) is 5.10 Å². The van der Waals surface area contributed by atoms with Crippen LogP contribution in [0.5, 0.6) is 0 Å². The van der Waals surface area contributed by atoms with E-state index in [0.29, 0.717) is 10.7 Å². The van der Waals surface area contributed by atoms with Crippen molar-refractivity contribution in [2.45, 2.75) is 13.8 Å². The van der Waals surface area contributed by atoms with Crippen LogP contribution in [0.4, 0.5) is 0 Å². The summed E-state index contributed by atoms with van der Waals surface area (Å²) in [5.41, 5.74) is 0.901. The van der Waals surface area contributed by atoms with E-state index >= 15 is 0 Å². The lowest BCUT2D eigenvalue weighted by Gasteiger charge is -2.01. The molecule has 0 aliphatic rings. The Morgan fingerprint density at radius 2 is 2.15 bits per heavy atom. The van der Waals surface area contributed by atoms with Crippen molar-refractivity contribution >= 4 is 23.4 Å². The first-order valence-corrected chi connectivity index (χ1v) is 6.44. The van der Waals surface area contributed by atoms with E-state index < -0.39 is 5.97 Å². The summed E-state index contributed by atoms with van der Waals surface area (Å²) in [6, 6.07) is 6.95. The first-order valence-electron chi connectivity index (χ1n) is 6.06. The molecule has 1 aromatic carbocycles. The van der Waals surface area contributed by atoms with Crippen molar-refractivity contribution in [3.63, 3.8) is 0 Å². The van der Waals surface area contributed by atoms with Gasteiger partial charge in [-0.15, -0.1) is 0 Å². The highest BCUT2D eigenvalue weighted by atomic mass is 35.5. The quantitative estimate of drug-likeness (QED) is 0.642. The number of carbonyl (C=O) groups is 2. The second-order valence-electron chi connectivity index (χ2n) is 4.09. The van der Waals surface area contributed by atoms with Crippen LogP contribution in [0, 0.1) is 0 Å². The van der Waals surface area contributed by atoms with Gasteiger partial charge in [0.15, 0.2) is 11.5 Å². The molecule has 0 saturated heterocycles. The zero-order chi connectivity index (χ0) is 14.7. The first kappa shape index (κ1) is 14.3. The van der Waals surface area contributed by atoms with E-state index in [1.54, 1.807) is 31.2 Å². The summed E-state index contributed by atoms with van der Waals surface area (Å²) in [4.78, 5) is 23.4. The highest BCUT2D eigenvalue weighted by Crippen LogP contribution is 2.17. The Hall–Kier alpha value is -2.14. The van der Waals surface area contributed by atoms with Gasteiger partial charge in [-0.3, -0.25) is 4.79 Å². The summed E-state index contributed by atoms with van der Waals surface area (Å²) in [6.45, 7) is 3.29. The molecule has 20 heavy (non-hydrogen) atoms. The molecule has 0 atom stereocenters. The number of Topliss-reactive ketones (excluding diaryl/α,β-unsaturated/α-hetero) is 1. The van der Waals surface area contributed by atoms with Crippen LogP contribution in [0.2, 0.25) is 5.02 Å². The van der Waals surface area contributed by atoms with Crippen LogP contribution >= 0.6 is 11.6 Å². The fraction of sp³-hybridized carbons (Fsp3) is 0.214. The largest absolute Gasteiger partial charge is 0.461 e. The summed E-state index contributed by atoms with van der Waals surface area (Å²) in [5.74, 6) is -0.861. The number of nitrogens with zero attached hydrogens (tertiary/aromatic N) is 2. The normalized spacial score (nSPS) is 10.3. The smallest absolute Gasteiger partial charge is 0.359 e. The molecule has 0 aliphatic carbocycles. The Bertz CT molecular complexity index is 664. The molecule has 2 rings (SSSR count). The lowest BCUT2D eigenvalue weighted by molar-refractivity contribution is 0.0516. The lowest BCUT2D eigenvalue weighted by atomic mass is 10.2. The molecule has 0 N–H and O–H groups in total. The van der Waals surface area contributed by atoms with Crippen LogP contribution in [0.1, 0.15) is 34.7 Å². The van der Waals surface area contributed by atoms with Crippen LogP contribution in [0.3, 0.4) is 0 Å². The fourth-order valence-electron chi connectivity index (χ4n) is 1.73. The summed E-state index contributed by atoms with van der Waals surface area (Å²) in [6.07, 6.45) is 1.50. The zero-order valence-corrected chi connectivity index (χ0v) is 11.8. The van der Waals surface area contributed by atoms with Crippen LogP contribution in [-0.2, 0) is 4.74 Å². The van der Waals surface area contributed by atoms with Gasteiger partial charge in [0.1, 0.15) is 0 Å².